The first-order chi connectivity index (χ1) is 10.7. The van der Waals surface area contributed by atoms with Crippen molar-refractivity contribution in [2.24, 2.45) is 0 Å². The highest BCUT2D eigenvalue weighted by molar-refractivity contribution is 5.90. The maximum Gasteiger partial charge on any atom is 0.227 e. The number of ether oxygens (including phenoxy) is 2. The van der Waals surface area contributed by atoms with Crippen LogP contribution in [0.15, 0.2) is 48.7 Å². The van der Waals surface area contributed by atoms with Crippen LogP contribution in [0.25, 0.3) is 22.0 Å². The van der Waals surface area contributed by atoms with Crippen LogP contribution in [0.3, 0.4) is 0 Å². The van der Waals surface area contributed by atoms with E-state index < -0.39 is 0 Å². The van der Waals surface area contributed by atoms with E-state index in [1.54, 1.807) is 20.4 Å². The van der Waals surface area contributed by atoms with Crippen LogP contribution in [-0.4, -0.2) is 14.2 Å². The van der Waals surface area contributed by atoms with Gasteiger partial charge in [0.05, 0.1) is 19.6 Å². The van der Waals surface area contributed by atoms with Gasteiger partial charge < -0.3 is 14.7 Å². The second-order valence-electron chi connectivity index (χ2n) is 5.09. The Bertz CT molecular complexity index is 829. The van der Waals surface area contributed by atoms with Crippen LogP contribution in [0, 0.1) is 12.1 Å². The minimum absolute atomic E-state index is 0.613. The Morgan fingerprint density at radius 1 is 0.955 bits per heavy atom. The van der Waals surface area contributed by atoms with Gasteiger partial charge in [0, 0.05) is 16.5 Å². The van der Waals surface area contributed by atoms with Gasteiger partial charge in [-0.15, -0.1) is 0 Å². The summed E-state index contributed by atoms with van der Waals surface area (Å²) in [6, 6.07) is 13.4. The summed E-state index contributed by atoms with van der Waals surface area (Å²) < 4.78 is 11.6. The van der Waals surface area contributed by atoms with Crippen LogP contribution in [0.4, 0.5) is 0 Å². The smallest absolute Gasteiger partial charge is 0.227 e. The highest BCUT2D eigenvalue weighted by atomic mass is 16.5. The number of hydrogen-bond acceptors (Lipinski definition) is 3. The SMILES string of the molecule is COc1cc2c[n+]([O-])c(-c3ccccc3)c(C)c2cc1OC. The van der Waals surface area contributed by atoms with Gasteiger partial charge in [-0.1, -0.05) is 18.2 Å². The van der Waals surface area contributed by atoms with Crippen LogP contribution >= 0.6 is 0 Å². The van der Waals surface area contributed by atoms with E-state index in [1.165, 1.54) is 0 Å². The lowest BCUT2D eigenvalue weighted by molar-refractivity contribution is -0.592. The van der Waals surface area contributed by atoms with Crippen molar-refractivity contribution in [2.45, 2.75) is 6.92 Å². The highest BCUT2D eigenvalue weighted by Crippen LogP contribution is 2.35. The molecule has 0 aliphatic rings. The molecule has 2 aromatic carbocycles. The minimum atomic E-state index is 0.613. The van der Waals surface area contributed by atoms with Crippen molar-refractivity contribution in [1.82, 2.24) is 0 Å². The summed E-state index contributed by atoms with van der Waals surface area (Å²) in [5.41, 5.74) is 2.46. The van der Waals surface area contributed by atoms with E-state index in [4.69, 9.17) is 9.47 Å². The normalized spacial score (nSPS) is 10.7. The van der Waals surface area contributed by atoms with Gasteiger partial charge in [0.25, 0.3) is 0 Å². The highest BCUT2D eigenvalue weighted by Gasteiger charge is 2.18. The van der Waals surface area contributed by atoms with Gasteiger partial charge >= 0.3 is 0 Å². The van der Waals surface area contributed by atoms with Gasteiger partial charge in [0.1, 0.15) is 0 Å². The molecule has 0 aliphatic heterocycles. The number of aromatic nitrogens is 1. The van der Waals surface area contributed by atoms with Crippen LogP contribution in [-0.2, 0) is 0 Å². The predicted octanol–water partition coefficient (Wildman–Crippen LogP) is 3.47. The molecule has 0 aliphatic carbocycles. The van der Waals surface area contributed by atoms with Crippen molar-refractivity contribution in [3.05, 3.63) is 59.4 Å². The zero-order valence-electron chi connectivity index (χ0n) is 12.8. The number of pyridine rings is 1. The number of nitrogens with zero attached hydrogens (tertiary/aromatic N) is 1. The molecule has 1 aromatic heterocycles. The van der Waals surface area contributed by atoms with Gasteiger partial charge in [-0.05, 0) is 31.2 Å². The minimum Gasteiger partial charge on any atom is -0.618 e. The molecule has 0 spiro atoms. The Balaban J connectivity index is 2.33. The van der Waals surface area contributed by atoms with Crippen LogP contribution in [0.1, 0.15) is 5.56 Å². The second kappa shape index (κ2) is 5.56. The molecule has 0 amide bonds. The third kappa shape index (κ3) is 2.22. The summed E-state index contributed by atoms with van der Waals surface area (Å²) in [6.45, 7) is 1.95. The standard InChI is InChI=1S/C18H17NO3/c1-12-15-10-17(22-3)16(21-2)9-14(15)11-19(20)18(12)13-7-5-4-6-8-13/h4-11H,1-3H3. The number of rotatable bonds is 3. The van der Waals surface area contributed by atoms with E-state index in [0.29, 0.717) is 17.2 Å². The maximum absolute atomic E-state index is 12.5. The van der Waals surface area contributed by atoms with E-state index in [0.717, 1.165) is 26.6 Å². The summed E-state index contributed by atoms with van der Waals surface area (Å²) in [7, 11) is 3.19. The molecule has 0 N–H and O–H groups in total. The summed E-state index contributed by atoms with van der Waals surface area (Å²) in [6.07, 6.45) is 1.58. The fourth-order valence-corrected chi connectivity index (χ4v) is 2.75. The van der Waals surface area contributed by atoms with Crippen molar-refractivity contribution in [3.8, 4) is 22.8 Å². The number of benzene rings is 2. The molecule has 0 bridgehead atoms. The summed E-state index contributed by atoms with van der Waals surface area (Å²) in [4.78, 5) is 0. The van der Waals surface area contributed by atoms with E-state index in [9.17, 15) is 5.21 Å². The quantitative estimate of drug-likeness (QED) is 0.549. The molecule has 3 aromatic rings. The molecule has 0 unspecified atom stereocenters. The third-order valence-electron chi connectivity index (χ3n) is 3.84. The monoisotopic (exact) mass is 295 g/mol. The first-order valence-electron chi connectivity index (χ1n) is 6.99. The molecule has 112 valence electrons. The molecule has 4 heteroatoms. The fourth-order valence-electron chi connectivity index (χ4n) is 2.75. The number of fused-ring (bicyclic) bond motifs is 1. The van der Waals surface area contributed by atoms with E-state index >= 15 is 0 Å². The molecule has 0 fully saturated rings. The van der Waals surface area contributed by atoms with Gasteiger partial charge in [0.2, 0.25) is 5.69 Å². The van der Waals surface area contributed by atoms with Gasteiger partial charge in [-0.2, -0.15) is 4.73 Å². The first kappa shape index (κ1) is 14.2. The Labute approximate surface area is 129 Å². The number of aryl methyl sites for hydroxylation is 1. The molecule has 0 atom stereocenters. The van der Waals surface area contributed by atoms with Gasteiger partial charge in [0.15, 0.2) is 17.7 Å². The van der Waals surface area contributed by atoms with Crippen LogP contribution in [0.2, 0.25) is 0 Å². The molecular weight excluding hydrogens is 278 g/mol. The summed E-state index contributed by atoms with van der Waals surface area (Å²) in [5, 5.41) is 14.3. The van der Waals surface area contributed by atoms with Crippen molar-refractivity contribution in [3.63, 3.8) is 0 Å². The van der Waals surface area contributed by atoms with Crippen molar-refractivity contribution < 1.29 is 14.2 Å². The zero-order chi connectivity index (χ0) is 15.7. The molecule has 3 rings (SSSR count). The van der Waals surface area contributed by atoms with Crippen LogP contribution < -0.4 is 14.2 Å². The summed E-state index contributed by atoms with van der Waals surface area (Å²) >= 11 is 0. The van der Waals surface area contributed by atoms with E-state index in [-0.39, 0.29) is 0 Å². The average molecular weight is 295 g/mol. The fraction of sp³-hybridized carbons (Fsp3) is 0.167. The largest absolute Gasteiger partial charge is 0.618 e. The molecular formula is C18H17NO3. The second-order valence-corrected chi connectivity index (χ2v) is 5.09. The third-order valence-corrected chi connectivity index (χ3v) is 3.84. The predicted molar refractivity (Wildman–Crippen MR) is 86.2 cm³/mol. The maximum atomic E-state index is 12.5. The van der Waals surface area contributed by atoms with Gasteiger partial charge in [-0.3, -0.25) is 0 Å². The topological polar surface area (TPSA) is 45.4 Å². The van der Waals surface area contributed by atoms with Crippen molar-refractivity contribution in [1.29, 1.82) is 0 Å². The zero-order valence-corrected chi connectivity index (χ0v) is 12.8. The first-order valence-corrected chi connectivity index (χ1v) is 6.99. The van der Waals surface area contributed by atoms with E-state index in [2.05, 4.69) is 0 Å². The summed E-state index contributed by atoms with van der Waals surface area (Å²) in [5.74, 6) is 1.27. The number of hydrogen-bond donors (Lipinski definition) is 0. The Morgan fingerprint density at radius 3 is 2.23 bits per heavy atom. The lowest BCUT2D eigenvalue weighted by Gasteiger charge is -2.13. The molecule has 0 saturated heterocycles. The average Bonchev–Trinajstić information content (AvgIpc) is 2.54. The molecule has 0 radical (unpaired) electrons. The Kier molecular flexibility index (Phi) is 3.59. The van der Waals surface area contributed by atoms with Crippen LogP contribution in [0.5, 0.6) is 11.5 Å². The van der Waals surface area contributed by atoms with Gasteiger partial charge in [-0.25, -0.2) is 0 Å². The lowest BCUT2D eigenvalue weighted by atomic mass is 10.0. The molecule has 1 heterocycles. The molecule has 4 nitrogen and oxygen atoms in total. The molecule has 22 heavy (non-hydrogen) atoms. The number of methoxy groups -OCH3 is 2. The lowest BCUT2D eigenvalue weighted by Crippen LogP contribution is -2.29. The van der Waals surface area contributed by atoms with Crippen molar-refractivity contribution in [2.75, 3.05) is 14.2 Å². The van der Waals surface area contributed by atoms with E-state index in [1.807, 2.05) is 49.4 Å². The Morgan fingerprint density at radius 2 is 1.59 bits per heavy atom. The Hall–Kier alpha value is -2.75. The molecule has 0 saturated carbocycles. The van der Waals surface area contributed by atoms with Crippen molar-refractivity contribution >= 4 is 10.8 Å².